The summed E-state index contributed by atoms with van der Waals surface area (Å²) in [5.41, 5.74) is 4.70. The zero-order valence-corrected chi connectivity index (χ0v) is 20.2. The molecule has 3 aromatic carbocycles. The SMILES string of the molecule is O=C(CSc1nc(-c2ccccc2)c(-c2ccccc2)o1)Nc1ccc(CN2CCOCC2)cc1. The van der Waals surface area contributed by atoms with Gasteiger partial charge in [0, 0.05) is 36.4 Å². The molecule has 0 spiro atoms. The molecule has 1 saturated heterocycles. The van der Waals surface area contributed by atoms with Crippen LogP contribution in [0.2, 0.25) is 0 Å². The van der Waals surface area contributed by atoms with Crippen molar-refractivity contribution in [3.8, 4) is 22.6 Å². The number of amides is 1. The van der Waals surface area contributed by atoms with Crippen LogP contribution in [0.1, 0.15) is 5.56 Å². The van der Waals surface area contributed by atoms with Crippen LogP contribution in [0.4, 0.5) is 5.69 Å². The quantitative estimate of drug-likeness (QED) is 0.329. The van der Waals surface area contributed by atoms with E-state index < -0.39 is 0 Å². The van der Waals surface area contributed by atoms with Crippen LogP contribution < -0.4 is 5.32 Å². The molecule has 6 nitrogen and oxygen atoms in total. The van der Waals surface area contributed by atoms with Gasteiger partial charge in [0.25, 0.3) is 5.22 Å². The Hall–Kier alpha value is -3.39. The van der Waals surface area contributed by atoms with Gasteiger partial charge in [0.15, 0.2) is 5.76 Å². The number of hydrogen-bond donors (Lipinski definition) is 1. The highest BCUT2D eigenvalue weighted by molar-refractivity contribution is 7.99. The number of nitrogens with zero attached hydrogens (tertiary/aromatic N) is 2. The van der Waals surface area contributed by atoms with Crippen molar-refractivity contribution in [3.63, 3.8) is 0 Å². The van der Waals surface area contributed by atoms with Gasteiger partial charge in [-0.15, -0.1) is 0 Å². The standard InChI is InChI=1S/C28H27N3O3S/c32-25(29-24-13-11-21(12-14-24)19-31-15-17-33-18-16-31)20-35-28-30-26(22-7-3-1-4-8-22)27(34-28)23-9-5-2-6-10-23/h1-14H,15-20H2,(H,29,32). The minimum atomic E-state index is -0.100. The lowest BCUT2D eigenvalue weighted by Crippen LogP contribution is -2.35. The van der Waals surface area contributed by atoms with Gasteiger partial charge in [-0.05, 0) is 17.7 Å². The summed E-state index contributed by atoms with van der Waals surface area (Å²) in [6, 6.07) is 27.9. The molecule has 35 heavy (non-hydrogen) atoms. The topological polar surface area (TPSA) is 67.6 Å². The number of ether oxygens (including phenoxy) is 1. The number of carbonyl (C=O) groups is 1. The van der Waals surface area contributed by atoms with E-state index in [1.54, 1.807) is 0 Å². The summed E-state index contributed by atoms with van der Waals surface area (Å²) >= 11 is 1.29. The highest BCUT2D eigenvalue weighted by atomic mass is 32.2. The Morgan fingerprint density at radius 1 is 0.886 bits per heavy atom. The maximum absolute atomic E-state index is 12.6. The predicted molar refractivity (Wildman–Crippen MR) is 139 cm³/mol. The number of benzene rings is 3. The fourth-order valence-electron chi connectivity index (χ4n) is 3.97. The molecule has 4 aromatic rings. The minimum absolute atomic E-state index is 0.100. The molecule has 1 aliphatic heterocycles. The Balaban J connectivity index is 1.21. The van der Waals surface area contributed by atoms with Crippen molar-refractivity contribution in [2.75, 3.05) is 37.4 Å². The Labute approximate surface area is 209 Å². The lowest BCUT2D eigenvalue weighted by atomic mass is 10.1. The van der Waals surface area contributed by atoms with Crippen LogP contribution in [0.15, 0.2) is 94.6 Å². The van der Waals surface area contributed by atoms with Gasteiger partial charge in [0.2, 0.25) is 5.91 Å². The average molecular weight is 486 g/mol. The van der Waals surface area contributed by atoms with E-state index >= 15 is 0 Å². The highest BCUT2D eigenvalue weighted by Crippen LogP contribution is 2.35. The summed E-state index contributed by atoms with van der Waals surface area (Å²) < 4.78 is 11.5. The molecule has 0 saturated carbocycles. The molecule has 178 valence electrons. The minimum Gasteiger partial charge on any atom is -0.431 e. The molecule has 1 amide bonds. The van der Waals surface area contributed by atoms with Gasteiger partial charge >= 0.3 is 0 Å². The van der Waals surface area contributed by atoms with Gasteiger partial charge in [-0.25, -0.2) is 4.98 Å². The number of carbonyl (C=O) groups excluding carboxylic acids is 1. The molecule has 1 aromatic heterocycles. The summed E-state index contributed by atoms with van der Waals surface area (Å²) in [7, 11) is 0. The molecule has 2 heterocycles. The smallest absolute Gasteiger partial charge is 0.257 e. The van der Waals surface area contributed by atoms with Crippen LogP contribution in [-0.4, -0.2) is 47.8 Å². The van der Waals surface area contributed by atoms with E-state index in [1.165, 1.54) is 17.3 Å². The molecular formula is C28H27N3O3S. The van der Waals surface area contributed by atoms with E-state index in [-0.39, 0.29) is 11.7 Å². The normalized spacial score (nSPS) is 14.1. The first-order chi connectivity index (χ1) is 17.2. The second kappa shape index (κ2) is 11.4. The van der Waals surface area contributed by atoms with Gasteiger partial charge in [-0.3, -0.25) is 9.69 Å². The van der Waals surface area contributed by atoms with Crippen LogP contribution in [-0.2, 0) is 16.1 Å². The number of rotatable bonds is 8. The fourth-order valence-corrected chi connectivity index (χ4v) is 4.60. The predicted octanol–water partition coefficient (Wildman–Crippen LogP) is 5.57. The Morgan fingerprint density at radius 2 is 1.54 bits per heavy atom. The second-order valence-corrected chi connectivity index (χ2v) is 9.24. The van der Waals surface area contributed by atoms with Crippen LogP contribution in [0.25, 0.3) is 22.6 Å². The van der Waals surface area contributed by atoms with Crippen LogP contribution >= 0.6 is 11.8 Å². The van der Waals surface area contributed by atoms with Crippen molar-refractivity contribution in [3.05, 3.63) is 90.5 Å². The number of nitrogens with one attached hydrogen (secondary N) is 1. The molecule has 0 aliphatic carbocycles. The second-order valence-electron chi connectivity index (χ2n) is 8.31. The zero-order chi connectivity index (χ0) is 23.9. The van der Waals surface area contributed by atoms with E-state index in [0.717, 1.165) is 55.4 Å². The van der Waals surface area contributed by atoms with Gasteiger partial charge in [0.1, 0.15) is 5.69 Å². The molecule has 1 aliphatic rings. The maximum Gasteiger partial charge on any atom is 0.257 e. The van der Waals surface area contributed by atoms with Crippen molar-refractivity contribution in [2.24, 2.45) is 0 Å². The molecule has 1 fully saturated rings. The monoisotopic (exact) mass is 485 g/mol. The fraction of sp³-hybridized carbons (Fsp3) is 0.214. The molecule has 0 unspecified atom stereocenters. The third-order valence-corrected chi connectivity index (χ3v) is 6.59. The van der Waals surface area contributed by atoms with Crippen molar-refractivity contribution < 1.29 is 13.9 Å². The number of aromatic nitrogens is 1. The number of oxazole rings is 1. The first kappa shape index (κ1) is 23.4. The first-order valence-corrected chi connectivity index (χ1v) is 12.7. The summed E-state index contributed by atoms with van der Waals surface area (Å²) in [6.45, 7) is 4.38. The number of thioether (sulfide) groups is 1. The molecule has 0 radical (unpaired) electrons. The average Bonchev–Trinajstić information content (AvgIpc) is 3.35. The van der Waals surface area contributed by atoms with Gasteiger partial charge in [0.05, 0.1) is 19.0 Å². The number of morpholine rings is 1. The van der Waals surface area contributed by atoms with Crippen LogP contribution in [0.3, 0.4) is 0 Å². The van der Waals surface area contributed by atoms with Gasteiger partial charge in [-0.2, -0.15) is 0 Å². The van der Waals surface area contributed by atoms with Crippen LogP contribution in [0, 0.1) is 0 Å². The molecule has 0 bridgehead atoms. The van der Waals surface area contributed by atoms with Crippen molar-refractivity contribution in [1.29, 1.82) is 0 Å². The zero-order valence-electron chi connectivity index (χ0n) is 19.4. The largest absolute Gasteiger partial charge is 0.431 e. The van der Waals surface area contributed by atoms with Gasteiger partial charge in [-0.1, -0.05) is 84.6 Å². The van der Waals surface area contributed by atoms with E-state index in [4.69, 9.17) is 14.1 Å². The Morgan fingerprint density at radius 3 is 2.23 bits per heavy atom. The molecular weight excluding hydrogens is 458 g/mol. The lowest BCUT2D eigenvalue weighted by molar-refractivity contribution is -0.113. The van der Waals surface area contributed by atoms with Gasteiger partial charge < -0.3 is 14.5 Å². The lowest BCUT2D eigenvalue weighted by Gasteiger charge is -2.26. The molecule has 1 N–H and O–H groups in total. The van der Waals surface area contributed by atoms with Crippen molar-refractivity contribution >= 4 is 23.4 Å². The van der Waals surface area contributed by atoms with E-state index in [9.17, 15) is 4.79 Å². The summed E-state index contributed by atoms with van der Waals surface area (Å²) in [4.78, 5) is 19.7. The Bertz CT molecular complexity index is 1180. The molecule has 0 atom stereocenters. The summed E-state index contributed by atoms with van der Waals surface area (Å²) in [5.74, 6) is 0.811. The van der Waals surface area contributed by atoms with E-state index in [0.29, 0.717) is 11.0 Å². The van der Waals surface area contributed by atoms with Crippen LogP contribution in [0.5, 0.6) is 0 Å². The summed E-state index contributed by atoms with van der Waals surface area (Å²) in [6.07, 6.45) is 0. The third-order valence-electron chi connectivity index (χ3n) is 5.77. The number of anilines is 1. The maximum atomic E-state index is 12.6. The number of hydrogen-bond acceptors (Lipinski definition) is 6. The van der Waals surface area contributed by atoms with Crippen molar-refractivity contribution in [1.82, 2.24) is 9.88 Å². The van der Waals surface area contributed by atoms with E-state index in [1.807, 2.05) is 72.8 Å². The Kier molecular flexibility index (Phi) is 7.58. The highest BCUT2D eigenvalue weighted by Gasteiger charge is 2.18. The third kappa shape index (κ3) is 6.19. The van der Waals surface area contributed by atoms with Crippen molar-refractivity contribution in [2.45, 2.75) is 11.8 Å². The molecule has 7 heteroatoms. The first-order valence-electron chi connectivity index (χ1n) is 11.7. The summed E-state index contributed by atoms with van der Waals surface area (Å²) in [5, 5.41) is 3.44. The van der Waals surface area contributed by atoms with E-state index in [2.05, 4.69) is 22.3 Å². The molecule has 5 rings (SSSR count).